The molecule has 0 radical (unpaired) electrons. The van der Waals surface area contributed by atoms with Crippen molar-refractivity contribution in [2.24, 2.45) is 10.9 Å². The number of guanidine groups is 1. The number of nitrogens with one attached hydrogen (secondary N) is 2. The number of likely N-dealkylation sites (tertiary alicyclic amines) is 1. The number of rotatable bonds is 6. The smallest absolute Gasteiger partial charge is 0.222 e. The normalized spacial score (nSPS) is 19.0. The minimum atomic E-state index is 0.214. The Morgan fingerprint density at radius 1 is 1.50 bits per heavy atom. The number of piperidine rings is 1. The SMILES string of the molecule is CCNC(=NCc1nccn1CC(C)C)NC1CCC(=O)N(C)C1. The quantitative estimate of drug-likeness (QED) is 0.606. The van der Waals surface area contributed by atoms with Crippen molar-refractivity contribution in [3.63, 3.8) is 0 Å². The molecule has 1 saturated heterocycles. The molecule has 0 spiro atoms. The van der Waals surface area contributed by atoms with Gasteiger partial charge in [-0.2, -0.15) is 0 Å². The van der Waals surface area contributed by atoms with Crippen LogP contribution in [0.2, 0.25) is 0 Å². The maximum atomic E-state index is 11.6. The van der Waals surface area contributed by atoms with Crippen molar-refractivity contribution < 1.29 is 4.79 Å². The van der Waals surface area contributed by atoms with Gasteiger partial charge in [0, 0.05) is 51.5 Å². The van der Waals surface area contributed by atoms with Crippen LogP contribution < -0.4 is 10.6 Å². The van der Waals surface area contributed by atoms with E-state index in [1.54, 1.807) is 4.90 Å². The second kappa shape index (κ2) is 8.70. The van der Waals surface area contributed by atoms with Crippen molar-refractivity contribution in [3.8, 4) is 0 Å². The van der Waals surface area contributed by atoms with Crippen LogP contribution in [-0.2, 0) is 17.9 Å². The van der Waals surface area contributed by atoms with Crippen molar-refractivity contribution in [2.75, 3.05) is 20.1 Å². The highest BCUT2D eigenvalue weighted by molar-refractivity contribution is 5.81. The largest absolute Gasteiger partial charge is 0.357 e. The molecule has 1 aliphatic heterocycles. The molecule has 24 heavy (non-hydrogen) atoms. The monoisotopic (exact) mass is 334 g/mol. The number of carbonyl (C=O) groups excluding carboxylic acids is 1. The van der Waals surface area contributed by atoms with Crippen molar-refractivity contribution >= 4 is 11.9 Å². The van der Waals surface area contributed by atoms with E-state index in [4.69, 9.17) is 0 Å². The molecular formula is C17H30N6O. The third-order valence-electron chi connectivity index (χ3n) is 4.05. The fourth-order valence-electron chi connectivity index (χ4n) is 2.84. The lowest BCUT2D eigenvalue weighted by atomic mass is 10.1. The highest BCUT2D eigenvalue weighted by Gasteiger charge is 2.23. The number of aromatic nitrogens is 2. The van der Waals surface area contributed by atoms with Crippen LogP contribution in [0.5, 0.6) is 0 Å². The highest BCUT2D eigenvalue weighted by Crippen LogP contribution is 2.10. The van der Waals surface area contributed by atoms with Gasteiger partial charge in [0.15, 0.2) is 5.96 Å². The second-order valence-electron chi connectivity index (χ2n) is 6.74. The Morgan fingerprint density at radius 2 is 2.29 bits per heavy atom. The van der Waals surface area contributed by atoms with Gasteiger partial charge in [0.2, 0.25) is 5.91 Å². The lowest BCUT2D eigenvalue weighted by molar-refractivity contribution is -0.132. The zero-order valence-corrected chi connectivity index (χ0v) is 15.2. The summed E-state index contributed by atoms with van der Waals surface area (Å²) in [5, 5.41) is 6.72. The third kappa shape index (κ3) is 5.25. The van der Waals surface area contributed by atoms with Crippen molar-refractivity contribution in [1.82, 2.24) is 25.1 Å². The Balaban J connectivity index is 1.98. The average Bonchev–Trinajstić information content (AvgIpc) is 2.95. The molecule has 2 N–H and O–H groups in total. The highest BCUT2D eigenvalue weighted by atomic mass is 16.2. The fourth-order valence-corrected chi connectivity index (χ4v) is 2.84. The molecule has 1 aliphatic rings. The summed E-state index contributed by atoms with van der Waals surface area (Å²) < 4.78 is 2.16. The van der Waals surface area contributed by atoms with Crippen LogP contribution >= 0.6 is 0 Å². The Hall–Kier alpha value is -2.05. The van der Waals surface area contributed by atoms with Gasteiger partial charge in [-0.15, -0.1) is 0 Å². The van der Waals surface area contributed by atoms with Gasteiger partial charge in [0.05, 0.1) is 0 Å². The van der Waals surface area contributed by atoms with Crippen LogP contribution in [0.3, 0.4) is 0 Å². The molecule has 7 heteroatoms. The van der Waals surface area contributed by atoms with Crippen molar-refractivity contribution in [2.45, 2.75) is 52.7 Å². The van der Waals surface area contributed by atoms with Crippen LogP contribution in [0.15, 0.2) is 17.4 Å². The van der Waals surface area contributed by atoms with Gasteiger partial charge in [-0.3, -0.25) is 4.79 Å². The molecule has 1 amide bonds. The van der Waals surface area contributed by atoms with E-state index in [1.165, 1.54) is 0 Å². The lowest BCUT2D eigenvalue weighted by Gasteiger charge is -2.31. The maximum Gasteiger partial charge on any atom is 0.222 e. The first kappa shape index (κ1) is 18.3. The zero-order valence-electron chi connectivity index (χ0n) is 15.2. The van der Waals surface area contributed by atoms with E-state index >= 15 is 0 Å². The van der Waals surface area contributed by atoms with E-state index in [9.17, 15) is 4.79 Å². The Morgan fingerprint density at radius 3 is 2.96 bits per heavy atom. The summed E-state index contributed by atoms with van der Waals surface area (Å²) >= 11 is 0. The van der Waals surface area contributed by atoms with Crippen LogP contribution in [-0.4, -0.2) is 52.5 Å². The molecular weight excluding hydrogens is 304 g/mol. The minimum Gasteiger partial charge on any atom is -0.357 e. The first-order valence-electron chi connectivity index (χ1n) is 8.78. The Labute approximate surface area is 144 Å². The van der Waals surface area contributed by atoms with E-state index < -0.39 is 0 Å². The predicted molar refractivity (Wildman–Crippen MR) is 95.7 cm³/mol. The second-order valence-corrected chi connectivity index (χ2v) is 6.74. The number of aliphatic imine (C=N–C) groups is 1. The van der Waals surface area contributed by atoms with Gasteiger partial charge in [-0.25, -0.2) is 9.98 Å². The average molecular weight is 334 g/mol. The van der Waals surface area contributed by atoms with E-state index in [1.807, 2.05) is 26.4 Å². The number of nitrogens with zero attached hydrogens (tertiary/aromatic N) is 4. The van der Waals surface area contributed by atoms with Crippen LogP contribution in [0.4, 0.5) is 0 Å². The summed E-state index contributed by atoms with van der Waals surface area (Å²) in [5.74, 6) is 2.54. The summed E-state index contributed by atoms with van der Waals surface area (Å²) in [6.45, 7) is 9.44. The molecule has 1 aromatic rings. The molecule has 0 aliphatic carbocycles. The van der Waals surface area contributed by atoms with Gasteiger partial charge in [-0.1, -0.05) is 13.8 Å². The van der Waals surface area contributed by atoms with Crippen molar-refractivity contribution in [3.05, 3.63) is 18.2 Å². The van der Waals surface area contributed by atoms with Gasteiger partial charge in [0.25, 0.3) is 0 Å². The van der Waals surface area contributed by atoms with Crippen LogP contribution in [0, 0.1) is 5.92 Å². The third-order valence-corrected chi connectivity index (χ3v) is 4.05. The molecule has 7 nitrogen and oxygen atoms in total. The van der Waals surface area contributed by atoms with E-state index in [-0.39, 0.29) is 11.9 Å². The molecule has 0 bridgehead atoms. The molecule has 2 heterocycles. The topological polar surface area (TPSA) is 74.5 Å². The summed E-state index contributed by atoms with van der Waals surface area (Å²) in [6, 6.07) is 0.237. The molecule has 2 rings (SSSR count). The number of likely N-dealkylation sites (N-methyl/N-ethyl adjacent to an activating group) is 1. The summed E-state index contributed by atoms with van der Waals surface area (Å²) in [6.07, 6.45) is 5.27. The summed E-state index contributed by atoms with van der Waals surface area (Å²) in [4.78, 5) is 22.5. The van der Waals surface area contributed by atoms with Crippen LogP contribution in [0.25, 0.3) is 0 Å². The number of hydrogen-bond donors (Lipinski definition) is 2. The minimum absolute atomic E-state index is 0.214. The molecule has 134 valence electrons. The van der Waals surface area contributed by atoms with E-state index in [0.717, 1.165) is 31.3 Å². The number of carbonyl (C=O) groups is 1. The molecule has 0 aromatic carbocycles. The molecule has 1 atom stereocenters. The number of amides is 1. The standard InChI is InChI=1S/C17H30N6O/c1-5-18-17(21-14-6-7-16(24)22(4)12-14)20-10-15-19-8-9-23(15)11-13(2)3/h8-9,13-14H,5-7,10-12H2,1-4H3,(H2,18,20,21). The Bertz CT molecular complexity index is 565. The maximum absolute atomic E-state index is 11.6. The molecule has 0 saturated carbocycles. The number of imidazole rings is 1. The van der Waals surface area contributed by atoms with Gasteiger partial charge < -0.3 is 20.1 Å². The predicted octanol–water partition coefficient (Wildman–Crippen LogP) is 1.22. The lowest BCUT2D eigenvalue weighted by Crippen LogP contribution is -2.51. The van der Waals surface area contributed by atoms with E-state index in [0.29, 0.717) is 25.4 Å². The van der Waals surface area contributed by atoms with Gasteiger partial charge >= 0.3 is 0 Å². The molecule has 1 unspecified atom stereocenters. The summed E-state index contributed by atoms with van der Waals surface area (Å²) in [7, 11) is 1.85. The van der Waals surface area contributed by atoms with Gasteiger partial charge in [0.1, 0.15) is 12.4 Å². The van der Waals surface area contributed by atoms with Crippen LogP contribution in [0.1, 0.15) is 39.4 Å². The first-order valence-corrected chi connectivity index (χ1v) is 8.78. The first-order chi connectivity index (χ1) is 11.5. The number of hydrogen-bond acceptors (Lipinski definition) is 3. The zero-order chi connectivity index (χ0) is 17.5. The molecule has 1 aromatic heterocycles. The Kier molecular flexibility index (Phi) is 6.63. The van der Waals surface area contributed by atoms with Crippen molar-refractivity contribution in [1.29, 1.82) is 0 Å². The molecule has 1 fully saturated rings. The summed E-state index contributed by atoms with van der Waals surface area (Å²) in [5.41, 5.74) is 0. The van der Waals surface area contributed by atoms with Gasteiger partial charge in [-0.05, 0) is 19.3 Å². The van der Waals surface area contributed by atoms with E-state index in [2.05, 4.69) is 39.0 Å². The fraction of sp³-hybridized carbons (Fsp3) is 0.706.